The number of halogens is 1. The summed E-state index contributed by atoms with van der Waals surface area (Å²) in [6, 6.07) is 12.5. The van der Waals surface area contributed by atoms with E-state index in [-0.39, 0.29) is 24.8 Å². The van der Waals surface area contributed by atoms with Crippen molar-refractivity contribution in [3.05, 3.63) is 59.4 Å². The molecule has 0 radical (unpaired) electrons. The number of rotatable bonds is 10. The lowest BCUT2D eigenvalue weighted by Gasteiger charge is -2.44. The van der Waals surface area contributed by atoms with Crippen LogP contribution in [-0.4, -0.2) is 71.3 Å². The standard InChI is InChI=1S/C30H40FN3O4/c1-2-22-9-5-10-23(19-22)28-25(12-6-13-26(28)31)30(38,14-8-15-32-29(36)37)24-11-7-18-34(20-24)27(35)21-33-16-3-4-17-33/h5-6,9-10,12-13,19,24,32,38H,2-4,7-8,11,14-18,20-21H2,1H3,(H,36,37)/t24-,30+/m1/s1. The summed E-state index contributed by atoms with van der Waals surface area (Å²) >= 11 is 0. The van der Waals surface area contributed by atoms with Gasteiger partial charge in [0.25, 0.3) is 0 Å². The second-order valence-corrected chi connectivity index (χ2v) is 10.6. The topological polar surface area (TPSA) is 93.1 Å². The zero-order valence-electron chi connectivity index (χ0n) is 22.3. The minimum absolute atomic E-state index is 0.0709. The second kappa shape index (κ2) is 12.7. The average molecular weight is 526 g/mol. The summed E-state index contributed by atoms with van der Waals surface area (Å²) in [5.41, 5.74) is 1.21. The number of hydrogen-bond donors (Lipinski definition) is 3. The fourth-order valence-corrected chi connectivity index (χ4v) is 6.06. The second-order valence-electron chi connectivity index (χ2n) is 10.6. The van der Waals surface area contributed by atoms with E-state index in [0.29, 0.717) is 49.2 Å². The Morgan fingerprint density at radius 1 is 1.11 bits per heavy atom. The summed E-state index contributed by atoms with van der Waals surface area (Å²) in [4.78, 5) is 28.2. The van der Waals surface area contributed by atoms with Gasteiger partial charge in [-0.2, -0.15) is 0 Å². The molecule has 0 aromatic heterocycles. The van der Waals surface area contributed by atoms with E-state index in [1.807, 2.05) is 36.1 Å². The van der Waals surface area contributed by atoms with Gasteiger partial charge in [0, 0.05) is 31.1 Å². The molecule has 2 atom stereocenters. The first-order valence-corrected chi connectivity index (χ1v) is 13.9. The van der Waals surface area contributed by atoms with Crippen molar-refractivity contribution in [1.82, 2.24) is 15.1 Å². The Morgan fingerprint density at radius 2 is 1.87 bits per heavy atom. The highest BCUT2D eigenvalue weighted by Gasteiger charge is 2.43. The zero-order valence-corrected chi connectivity index (χ0v) is 22.3. The van der Waals surface area contributed by atoms with Crippen LogP contribution in [0.4, 0.5) is 9.18 Å². The third-order valence-corrected chi connectivity index (χ3v) is 8.12. The van der Waals surface area contributed by atoms with Gasteiger partial charge in [-0.1, -0.05) is 43.3 Å². The van der Waals surface area contributed by atoms with Crippen molar-refractivity contribution >= 4 is 12.0 Å². The van der Waals surface area contributed by atoms with E-state index >= 15 is 4.39 Å². The molecule has 2 aromatic carbocycles. The molecular weight excluding hydrogens is 485 g/mol. The minimum Gasteiger partial charge on any atom is -0.465 e. The maximum Gasteiger partial charge on any atom is 0.404 e. The van der Waals surface area contributed by atoms with Gasteiger partial charge in [-0.05, 0) is 80.8 Å². The Labute approximate surface area is 224 Å². The summed E-state index contributed by atoms with van der Waals surface area (Å²) in [6.07, 6.45) is 3.99. The number of aryl methyl sites for hydroxylation is 1. The van der Waals surface area contributed by atoms with Gasteiger partial charge >= 0.3 is 6.09 Å². The molecule has 0 unspecified atom stereocenters. The number of likely N-dealkylation sites (tertiary alicyclic amines) is 2. The predicted octanol–water partition coefficient (Wildman–Crippen LogP) is 4.62. The van der Waals surface area contributed by atoms with E-state index in [2.05, 4.69) is 10.2 Å². The molecule has 0 aliphatic carbocycles. The molecule has 206 valence electrons. The quantitative estimate of drug-likeness (QED) is 0.394. The Bertz CT molecular complexity index is 1120. The van der Waals surface area contributed by atoms with Crippen molar-refractivity contribution < 1.29 is 24.2 Å². The lowest BCUT2D eigenvalue weighted by atomic mass is 9.72. The van der Waals surface area contributed by atoms with E-state index in [9.17, 15) is 14.7 Å². The SMILES string of the molecule is CCc1cccc(-c2c(F)cccc2[C@](O)(CCCNC(=O)O)[C@@H]2CCCN(C(=O)CN3CCCC3)C2)c1. The molecule has 2 fully saturated rings. The predicted molar refractivity (Wildman–Crippen MR) is 145 cm³/mol. The van der Waals surface area contributed by atoms with Crippen LogP contribution in [0.3, 0.4) is 0 Å². The molecule has 0 spiro atoms. The summed E-state index contributed by atoms with van der Waals surface area (Å²) in [6.45, 7) is 5.53. The number of aliphatic hydroxyl groups is 1. The van der Waals surface area contributed by atoms with Crippen LogP contribution in [0.25, 0.3) is 11.1 Å². The van der Waals surface area contributed by atoms with E-state index < -0.39 is 17.5 Å². The highest BCUT2D eigenvalue weighted by molar-refractivity contribution is 5.78. The highest BCUT2D eigenvalue weighted by atomic mass is 19.1. The van der Waals surface area contributed by atoms with Crippen LogP contribution in [0.15, 0.2) is 42.5 Å². The highest BCUT2D eigenvalue weighted by Crippen LogP contribution is 2.44. The molecule has 7 nitrogen and oxygen atoms in total. The third-order valence-electron chi connectivity index (χ3n) is 8.12. The summed E-state index contributed by atoms with van der Waals surface area (Å²) in [5.74, 6) is -0.643. The van der Waals surface area contributed by atoms with Crippen molar-refractivity contribution in [3.63, 3.8) is 0 Å². The van der Waals surface area contributed by atoms with Gasteiger partial charge < -0.3 is 20.4 Å². The Morgan fingerprint density at radius 3 is 2.61 bits per heavy atom. The first-order valence-electron chi connectivity index (χ1n) is 13.9. The maximum absolute atomic E-state index is 15.5. The van der Waals surface area contributed by atoms with Gasteiger partial charge in [-0.3, -0.25) is 9.69 Å². The van der Waals surface area contributed by atoms with Crippen molar-refractivity contribution in [3.8, 4) is 11.1 Å². The molecular formula is C30H40FN3O4. The number of nitrogens with zero attached hydrogens (tertiary/aromatic N) is 2. The first kappa shape index (κ1) is 28.0. The largest absolute Gasteiger partial charge is 0.465 e. The normalized spacial score (nSPS) is 19.8. The number of nitrogens with one attached hydrogen (secondary N) is 1. The molecule has 2 amide bonds. The number of carbonyl (C=O) groups excluding carboxylic acids is 1. The molecule has 2 aliphatic heterocycles. The summed E-state index contributed by atoms with van der Waals surface area (Å²) in [5, 5.41) is 23.9. The van der Waals surface area contributed by atoms with Crippen molar-refractivity contribution in [2.75, 3.05) is 39.3 Å². The Balaban J connectivity index is 1.67. The summed E-state index contributed by atoms with van der Waals surface area (Å²) < 4.78 is 15.5. The monoisotopic (exact) mass is 525 g/mol. The zero-order chi connectivity index (χ0) is 27.1. The van der Waals surface area contributed by atoms with Crippen LogP contribution >= 0.6 is 0 Å². The molecule has 2 heterocycles. The van der Waals surface area contributed by atoms with E-state index in [0.717, 1.165) is 44.3 Å². The van der Waals surface area contributed by atoms with Gasteiger partial charge in [-0.15, -0.1) is 0 Å². The molecule has 0 saturated carbocycles. The van der Waals surface area contributed by atoms with E-state index in [1.165, 1.54) is 6.07 Å². The molecule has 4 rings (SSSR count). The van der Waals surface area contributed by atoms with Crippen LogP contribution in [0.5, 0.6) is 0 Å². The molecule has 0 bridgehead atoms. The van der Waals surface area contributed by atoms with Crippen molar-refractivity contribution in [2.45, 2.75) is 57.5 Å². The number of amides is 2. The van der Waals surface area contributed by atoms with Crippen LogP contribution in [0.2, 0.25) is 0 Å². The molecule has 2 saturated heterocycles. The molecule has 2 aromatic rings. The van der Waals surface area contributed by atoms with Crippen molar-refractivity contribution in [2.24, 2.45) is 5.92 Å². The lowest BCUT2D eigenvalue weighted by molar-refractivity contribution is -0.137. The van der Waals surface area contributed by atoms with Crippen LogP contribution in [-0.2, 0) is 16.8 Å². The maximum atomic E-state index is 15.5. The summed E-state index contributed by atoms with van der Waals surface area (Å²) in [7, 11) is 0. The van der Waals surface area contributed by atoms with Crippen LogP contribution in [0.1, 0.15) is 56.6 Å². The van der Waals surface area contributed by atoms with Gasteiger partial charge in [-0.25, -0.2) is 9.18 Å². The average Bonchev–Trinajstić information content (AvgIpc) is 3.44. The van der Waals surface area contributed by atoms with Gasteiger partial charge in [0.05, 0.1) is 12.1 Å². The Hall–Kier alpha value is -2.97. The smallest absolute Gasteiger partial charge is 0.404 e. The van der Waals surface area contributed by atoms with Gasteiger partial charge in [0.1, 0.15) is 5.82 Å². The number of carboxylic acid groups (broad SMARTS) is 1. The number of piperidine rings is 1. The Kier molecular flexibility index (Phi) is 9.39. The number of benzene rings is 2. The minimum atomic E-state index is -1.44. The molecule has 3 N–H and O–H groups in total. The van der Waals surface area contributed by atoms with Crippen LogP contribution in [0, 0.1) is 11.7 Å². The van der Waals surface area contributed by atoms with Crippen molar-refractivity contribution in [1.29, 1.82) is 0 Å². The molecule has 38 heavy (non-hydrogen) atoms. The fourth-order valence-electron chi connectivity index (χ4n) is 6.06. The van der Waals surface area contributed by atoms with E-state index in [4.69, 9.17) is 5.11 Å². The third kappa shape index (κ3) is 6.53. The molecule has 2 aliphatic rings. The van der Waals surface area contributed by atoms with E-state index in [1.54, 1.807) is 12.1 Å². The lowest BCUT2D eigenvalue weighted by Crippen LogP contribution is -2.50. The first-order chi connectivity index (χ1) is 18.3. The molecule has 8 heteroatoms. The van der Waals surface area contributed by atoms with Gasteiger partial charge in [0.15, 0.2) is 0 Å². The fraction of sp³-hybridized carbons (Fsp3) is 0.533. The number of carbonyl (C=O) groups is 2. The van der Waals surface area contributed by atoms with Gasteiger partial charge in [0.2, 0.25) is 5.91 Å². The number of hydrogen-bond acceptors (Lipinski definition) is 4. The van der Waals surface area contributed by atoms with Crippen LogP contribution < -0.4 is 5.32 Å².